The molecule has 1 atom stereocenters. The molecule has 0 saturated carbocycles. The third-order valence-corrected chi connectivity index (χ3v) is 7.77. The molecule has 0 rings (SSSR count). The average Bonchev–Trinajstić information content (AvgIpc) is 2.94. The van der Waals surface area contributed by atoms with Crippen LogP contribution in [0.1, 0.15) is 174 Å². The summed E-state index contributed by atoms with van der Waals surface area (Å²) in [4.78, 5) is 25.9. The van der Waals surface area contributed by atoms with Gasteiger partial charge in [-0.3, -0.25) is 9.59 Å². The molecular weight excluding hydrogens is 498 g/mol. The highest BCUT2D eigenvalue weighted by molar-refractivity contribution is 5.81. The van der Waals surface area contributed by atoms with Crippen molar-refractivity contribution in [2.24, 2.45) is 0 Å². The topological polar surface area (TPSA) is 66.8 Å². The zero-order valence-electron chi connectivity index (χ0n) is 26.9. The number of amides is 1. The van der Waals surface area contributed by atoms with E-state index in [1.165, 1.54) is 114 Å². The molecule has 0 aromatic heterocycles. The summed E-state index contributed by atoms with van der Waals surface area (Å²) in [5.74, 6) is -0.456. The second kappa shape index (κ2) is 30.6. The fourth-order valence-corrected chi connectivity index (χ4v) is 5.01. The van der Waals surface area contributed by atoms with Crippen LogP contribution in [0.5, 0.6) is 0 Å². The van der Waals surface area contributed by atoms with Crippen molar-refractivity contribution in [3.63, 3.8) is 0 Å². The van der Waals surface area contributed by atoms with Crippen molar-refractivity contribution in [3.8, 4) is 0 Å². The van der Waals surface area contributed by atoms with Gasteiger partial charge in [-0.05, 0) is 38.5 Å². The van der Waals surface area contributed by atoms with E-state index in [1.54, 1.807) is 7.05 Å². The van der Waals surface area contributed by atoms with Gasteiger partial charge in [0.1, 0.15) is 13.2 Å². The normalized spacial score (nSPS) is 12.2. The number of rotatable bonds is 30. The van der Waals surface area contributed by atoms with Gasteiger partial charge in [-0.1, -0.05) is 142 Å². The van der Waals surface area contributed by atoms with Gasteiger partial charge in [0.25, 0.3) is 0 Å². The fraction of sp³-hybridized carbons (Fsp3) is 0.886. The van der Waals surface area contributed by atoms with Crippen molar-refractivity contribution in [1.29, 1.82) is 0 Å². The highest BCUT2D eigenvalue weighted by Crippen LogP contribution is 2.13. The lowest BCUT2D eigenvalue weighted by Crippen LogP contribution is -2.34. The van der Waals surface area contributed by atoms with Crippen molar-refractivity contribution >= 4 is 11.9 Å². The van der Waals surface area contributed by atoms with E-state index in [9.17, 15) is 14.7 Å². The first-order valence-corrected chi connectivity index (χ1v) is 17.2. The Hall–Kier alpha value is -1.36. The maximum absolute atomic E-state index is 12.3. The van der Waals surface area contributed by atoms with Gasteiger partial charge < -0.3 is 14.7 Å². The van der Waals surface area contributed by atoms with Crippen LogP contribution in [0, 0.1) is 0 Å². The summed E-state index contributed by atoms with van der Waals surface area (Å²) < 4.78 is 5.21. The second-order valence-electron chi connectivity index (χ2n) is 11.9. The fourth-order valence-electron chi connectivity index (χ4n) is 5.01. The van der Waals surface area contributed by atoms with E-state index in [1.807, 2.05) is 0 Å². The summed E-state index contributed by atoms with van der Waals surface area (Å²) in [7, 11) is 1.65. The van der Waals surface area contributed by atoms with Crippen molar-refractivity contribution in [1.82, 2.24) is 4.90 Å². The van der Waals surface area contributed by atoms with Crippen LogP contribution in [-0.4, -0.2) is 48.2 Å². The maximum atomic E-state index is 12.3. The lowest BCUT2D eigenvalue weighted by Gasteiger charge is -2.17. The number of hydrogen-bond acceptors (Lipinski definition) is 4. The molecule has 5 heteroatoms. The van der Waals surface area contributed by atoms with E-state index in [2.05, 4.69) is 26.0 Å². The Kier molecular flexibility index (Phi) is 29.6. The molecule has 0 aromatic rings. The van der Waals surface area contributed by atoms with Gasteiger partial charge in [0, 0.05) is 13.5 Å². The number of likely N-dealkylation sites (N-methyl/N-ethyl adjacent to an activating group) is 1. The predicted molar refractivity (Wildman–Crippen MR) is 171 cm³/mol. The third-order valence-electron chi connectivity index (χ3n) is 7.77. The minimum Gasteiger partial charge on any atom is -0.462 e. The van der Waals surface area contributed by atoms with Gasteiger partial charge in [-0.2, -0.15) is 0 Å². The van der Waals surface area contributed by atoms with Gasteiger partial charge in [0.2, 0.25) is 5.91 Å². The van der Waals surface area contributed by atoms with Gasteiger partial charge in [0.15, 0.2) is 0 Å². The maximum Gasteiger partial charge on any atom is 0.325 e. The van der Waals surface area contributed by atoms with E-state index in [4.69, 9.17) is 4.74 Å². The van der Waals surface area contributed by atoms with E-state index in [-0.39, 0.29) is 19.1 Å². The Balaban J connectivity index is 3.58. The Morgan fingerprint density at radius 1 is 0.650 bits per heavy atom. The Labute approximate surface area is 248 Å². The van der Waals surface area contributed by atoms with Crippen molar-refractivity contribution in [3.05, 3.63) is 12.2 Å². The van der Waals surface area contributed by atoms with Crippen LogP contribution in [-0.2, 0) is 14.3 Å². The number of aliphatic hydroxyl groups is 1. The monoisotopic (exact) mass is 566 g/mol. The molecule has 236 valence electrons. The summed E-state index contributed by atoms with van der Waals surface area (Å²) in [5, 5.41) is 10.1. The first-order chi connectivity index (χ1) is 19.5. The van der Waals surface area contributed by atoms with Crippen molar-refractivity contribution in [2.75, 3.05) is 20.2 Å². The van der Waals surface area contributed by atoms with E-state index in [0.29, 0.717) is 12.8 Å². The highest BCUT2D eigenvalue weighted by Gasteiger charge is 2.15. The molecule has 5 nitrogen and oxygen atoms in total. The molecule has 0 radical (unpaired) electrons. The molecule has 1 amide bonds. The molecule has 0 spiro atoms. The first-order valence-electron chi connectivity index (χ1n) is 17.2. The van der Waals surface area contributed by atoms with Gasteiger partial charge in [-0.25, -0.2) is 0 Å². The zero-order valence-corrected chi connectivity index (χ0v) is 26.9. The van der Waals surface area contributed by atoms with Gasteiger partial charge in [-0.15, -0.1) is 0 Å². The van der Waals surface area contributed by atoms with Gasteiger partial charge >= 0.3 is 5.97 Å². The molecule has 0 aliphatic heterocycles. The molecular formula is C35H67NO4. The Bertz CT molecular complexity index is 592. The standard InChI is InChI=1S/C35H67NO4/c1-4-6-8-10-12-14-16-17-18-19-20-22-24-26-28-30-34(38)36(3)31-35(39)40-32-33(37)29-27-25-23-21-15-13-11-9-7-5-2/h17-18,33,37H,4-16,19-32H2,1-3H3/b18-17-. The number of allylic oxidation sites excluding steroid dienone is 2. The minimum absolute atomic E-state index is 0.0134. The molecule has 40 heavy (non-hydrogen) atoms. The quantitative estimate of drug-likeness (QED) is 0.0535. The molecule has 0 aliphatic carbocycles. The number of carbonyl (C=O) groups excluding carboxylic acids is 2. The summed E-state index contributed by atoms with van der Waals surface area (Å²) in [6, 6.07) is 0. The Morgan fingerprint density at radius 3 is 1.57 bits per heavy atom. The molecule has 0 bridgehead atoms. The summed E-state index contributed by atoms with van der Waals surface area (Å²) in [6.07, 6.45) is 33.8. The van der Waals surface area contributed by atoms with Crippen molar-refractivity contribution < 1.29 is 19.4 Å². The smallest absolute Gasteiger partial charge is 0.325 e. The third kappa shape index (κ3) is 28.2. The molecule has 1 unspecified atom stereocenters. The first kappa shape index (κ1) is 38.6. The molecule has 0 aromatic carbocycles. The largest absolute Gasteiger partial charge is 0.462 e. The van der Waals surface area contributed by atoms with Crippen molar-refractivity contribution in [2.45, 2.75) is 180 Å². The predicted octanol–water partition coefficient (Wildman–Crippen LogP) is 9.70. The number of ether oxygens (including phenoxy) is 1. The summed E-state index contributed by atoms with van der Waals surface area (Å²) >= 11 is 0. The Morgan fingerprint density at radius 2 is 1.07 bits per heavy atom. The van der Waals surface area contributed by atoms with Crippen LogP contribution in [0.15, 0.2) is 12.2 Å². The number of esters is 1. The number of nitrogens with zero attached hydrogens (tertiary/aromatic N) is 1. The number of carbonyl (C=O) groups is 2. The average molecular weight is 566 g/mol. The summed E-state index contributed by atoms with van der Waals surface area (Å²) in [5.41, 5.74) is 0. The van der Waals surface area contributed by atoms with Crippen LogP contribution in [0.2, 0.25) is 0 Å². The minimum atomic E-state index is -0.616. The van der Waals surface area contributed by atoms with Crippen LogP contribution in [0.4, 0.5) is 0 Å². The highest BCUT2D eigenvalue weighted by atomic mass is 16.5. The van der Waals surface area contributed by atoms with E-state index in [0.717, 1.165) is 38.5 Å². The SMILES string of the molecule is CCCCCCCC/C=C\CCCCCCCC(=O)N(C)CC(=O)OCC(O)CCCCCCCCCCCC. The van der Waals surface area contributed by atoms with Crippen LogP contribution < -0.4 is 0 Å². The zero-order chi connectivity index (χ0) is 29.5. The van der Waals surface area contributed by atoms with E-state index < -0.39 is 12.1 Å². The number of hydrogen-bond donors (Lipinski definition) is 1. The molecule has 0 heterocycles. The number of unbranched alkanes of at least 4 members (excludes halogenated alkanes) is 20. The molecule has 0 saturated heterocycles. The number of aliphatic hydroxyl groups excluding tert-OH is 1. The second-order valence-corrected chi connectivity index (χ2v) is 11.9. The summed E-state index contributed by atoms with van der Waals surface area (Å²) in [6.45, 7) is 4.48. The van der Waals surface area contributed by atoms with Gasteiger partial charge in [0.05, 0.1) is 6.10 Å². The van der Waals surface area contributed by atoms with Crippen LogP contribution >= 0.6 is 0 Å². The van der Waals surface area contributed by atoms with Crippen LogP contribution in [0.25, 0.3) is 0 Å². The molecule has 0 aliphatic rings. The lowest BCUT2D eigenvalue weighted by molar-refractivity contribution is -0.151. The lowest BCUT2D eigenvalue weighted by atomic mass is 10.0. The van der Waals surface area contributed by atoms with Crippen LogP contribution in [0.3, 0.4) is 0 Å². The molecule has 1 N–H and O–H groups in total. The molecule has 0 fully saturated rings. The van der Waals surface area contributed by atoms with E-state index >= 15 is 0 Å².